The van der Waals surface area contributed by atoms with E-state index < -0.39 is 6.67 Å². The Morgan fingerprint density at radius 2 is 2.30 bits per heavy atom. The van der Waals surface area contributed by atoms with Gasteiger partial charge in [-0.1, -0.05) is 6.92 Å². The summed E-state index contributed by atoms with van der Waals surface area (Å²) in [5.41, 5.74) is 7.79. The number of aryl methyl sites for hydroxylation is 1. The van der Waals surface area contributed by atoms with Crippen molar-refractivity contribution >= 4 is 11.0 Å². The van der Waals surface area contributed by atoms with Gasteiger partial charge >= 0.3 is 0 Å². The first-order chi connectivity index (χ1) is 9.78. The average Bonchev–Trinajstić information content (AvgIpc) is 3.13. The van der Waals surface area contributed by atoms with Gasteiger partial charge in [-0.25, -0.2) is 4.39 Å². The van der Waals surface area contributed by atoms with Crippen LogP contribution in [0.2, 0.25) is 0 Å². The molecule has 1 heterocycles. The van der Waals surface area contributed by atoms with E-state index in [0.717, 1.165) is 40.9 Å². The van der Waals surface area contributed by atoms with Gasteiger partial charge in [-0.2, -0.15) is 0 Å². The Bertz CT molecular complexity index is 608. The SMILES string of the molecule is CCc1cc2c([C@@H]3C[C@H]3CN)c(OCCF)ccc2o1. The van der Waals surface area contributed by atoms with Gasteiger partial charge in [0.15, 0.2) is 0 Å². The molecule has 0 radical (unpaired) electrons. The van der Waals surface area contributed by atoms with Crippen molar-refractivity contribution < 1.29 is 13.5 Å². The number of hydrogen-bond acceptors (Lipinski definition) is 3. The summed E-state index contributed by atoms with van der Waals surface area (Å²) in [6.07, 6.45) is 1.94. The summed E-state index contributed by atoms with van der Waals surface area (Å²) in [6, 6.07) is 5.88. The van der Waals surface area contributed by atoms with Crippen molar-refractivity contribution in [2.45, 2.75) is 25.7 Å². The summed E-state index contributed by atoms with van der Waals surface area (Å²) >= 11 is 0. The normalized spacial score (nSPS) is 21.4. The average molecular weight is 277 g/mol. The summed E-state index contributed by atoms with van der Waals surface area (Å²) in [7, 11) is 0. The molecule has 1 saturated carbocycles. The first-order valence-corrected chi connectivity index (χ1v) is 7.22. The molecule has 20 heavy (non-hydrogen) atoms. The van der Waals surface area contributed by atoms with Crippen LogP contribution in [0.5, 0.6) is 5.75 Å². The second-order valence-corrected chi connectivity index (χ2v) is 5.33. The van der Waals surface area contributed by atoms with Gasteiger partial charge in [-0.3, -0.25) is 0 Å². The third kappa shape index (κ3) is 2.29. The molecule has 0 saturated heterocycles. The monoisotopic (exact) mass is 277 g/mol. The third-order valence-corrected chi connectivity index (χ3v) is 4.03. The van der Waals surface area contributed by atoms with Crippen LogP contribution in [-0.4, -0.2) is 19.8 Å². The van der Waals surface area contributed by atoms with Crippen molar-refractivity contribution in [1.29, 1.82) is 0 Å². The van der Waals surface area contributed by atoms with E-state index in [1.807, 2.05) is 12.1 Å². The van der Waals surface area contributed by atoms with Crippen molar-refractivity contribution in [2.24, 2.45) is 11.7 Å². The van der Waals surface area contributed by atoms with E-state index in [1.165, 1.54) is 0 Å². The van der Waals surface area contributed by atoms with Crippen LogP contribution in [0.15, 0.2) is 22.6 Å². The Labute approximate surface area is 117 Å². The Kier molecular flexibility index (Phi) is 3.66. The number of fused-ring (bicyclic) bond motifs is 1. The van der Waals surface area contributed by atoms with Gasteiger partial charge in [-0.15, -0.1) is 0 Å². The van der Waals surface area contributed by atoms with E-state index in [4.69, 9.17) is 14.9 Å². The standard InChI is InChI=1S/C16H20FNO2/c1-2-11-8-13-14(20-11)3-4-15(19-6-5-17)16(13)12-7-10(12)9-18/h3-4,8,10,12H,2,5-7,9,18H2,1H3/t10-,12+/m0/s1. The number of furan rings is 1. The van der Waals surface area contributed by atoms with E-state index >= 15 is 0 Å². The minimum Gasteiger partial charge on any atom is -0.491 e. The molecule has 0 bridgehead atoms. The Morgan fingerprint density at radius 3 is 2.95 bits per heavy atom. The molecule has 2 N–H and O–H groups in total. The van der Waals surface area contributed by atoms with Crippen molar-refractivity contribution in [3.05, 3.63) is 29.5 Å². The van der Waals surface area contributed by atoms with E-state index in [-0.39, 0.29) is 6.61 Å². The highest BCUT2D eigenvalue weighted by molar-refractivity contribution is 5.85. The van der Waals surface area contributed by atoms with Gasteiger partial charge in [-0.05, 0) is 43.0 Å². The summed E-state index contributed by atoms with van der Waals surface area (Å²) in [6.45, 7) is 2.37. The largest absolute Gasteiger partial charge is 0.491 e. The summed E-state index contributed by atoms with van der Waals surface area (Å²) in [5.74, 6) is 2.67. The molecule has 1 aliphatic rings. The highest BCUT2D eigenvalue weighted by Gasteiger charge is 2.40. The second-order valence-electron chi connectivity index (χ2n) is 5.33. The van der Waals surface area contributed by atoms with Crippen LogP contribution < -0.4 is 10.5 Å². The lowest BCUT2D eigenvalue weighted by molar-refractivity contribution is 0.271. The van der Waals surface area contributed by atoms with Crippen molar-refractivity contribution in [3.63, 3.8) is 0 Å². The molecule has 0 amide bonds. The molecule has 3 rings (SSSR count). The van der Waals surface area contributed by atoms with Crippen molar-refractivity contribution in [3.8, 4) is 5.75 Å². The summed E-state index contributed by atoms with van der Waals surface area (Å²) < 4.78 is 23.8. The lowest BCUT2D eigenvalue weighted by Crippen LogP contribution is -2.04. The van der Waals surface area contributed by atoms with E-state index in [9.17, 15) is 4.39 Å². The highest BCUT2D eigenvalue weighted by atomic mass is 19.1. The van der Waals surface area contributed by atoms with Gasteiger partial charge in [0.2, 0.25) is 0 Å². The fourth-order valence-electron chi connectivity index (χ4n) is 2.86. The van der Waals surface area contributed by atoms with Crippen LogP contribution in [-0.2, 0) is 6.42 Å². The molecule has 4 heteroatoms. The molecule has 1 fully saturated rings. The molecular weight excluding hydrogens is 257 g/mol. The molecular formula is C16H20FNO2. The molecule has 0 spiro atoms. The second kappa shape index (κ2) is 5.44. The van der Waals surface area contributed by atoms with Gasteiger partial charge in [0.05, 0.1) is 0 Å². The number of halogens is 1. The minimum atomic E-state index is -0.478. The number of alkyl halides is 1. The Balaban J connectivity index is 2.06. The molecule has 1 aliphatic carbocycles. The fourth-order valence-corrected chi connectivity index (χ4v) is 2.86. The molecule has 1 aromatic carbocycles. The lowest BCUT2D eigenvalue weighted by atomic mass is 10.0. The molecule has 2 atom stereocenters. The van der Waals surface area contributed by atoms with Crippen molar-refractivity contribution in [2.75, 3.05) is 19.8 Å². The van der Waals surface area contributed by atoms with Crippen LogP contribution in [0.1, 0.15) is 30.6 Å². The molecule has 0 unspecified atom stereocenters. The van der Waals surface area contributed by atoms with Crippen molar-refractivity contribution in [1.82, 2.24) is 0 Å². The molecule has 3 nitrogen and oxygen atoms in total. The molecule has 1 aromatic heterocycles. The quantitative estimate of drug-likeness (QED) is 0.880. The van der Waals surface area contributed by atoms with Crippen LogP contribution in [0.3, 0.4) is 0 Å². The summed E-state index contributed by atoms with van der Waals surface area (Å²) in [4.78, 5) is 0. The Hall–Kier alpha value is -1.55. The lowest BCUT2D eigenvalue weighted by Gasteiger charge is -2.11. The maximum atomic E-state index is 12.4. The zero-order valence-electron chi connectivity index (χ0n) is 11.7. The van der Waals surface area contributed by atoms with Gasteiger partial charge < -0.3 is 14.9 Å². The number of benzene rings is 1. The van der Waals surface area contributed by atoms with Crippen LogP contribution in [0.25, 0.3) is 11.0 Å². The highest BCUT2D eigenvalue weighted by Crippen LogP contribution is 2.52. The minimum absolute atomic E-state index is 0.0943. The first-order valence-electron chi connectivity index (χ1n) is 7.22. The third-order valence-electron chi connectivity index (χ3n) is 4.03. The van der Waals surface area contributed by atoms with E-state index in [2.05, 4.69) is 13.0 Å². The topological polar surface area (TPSA) is 48.4 Å². The predicted molar refractivity (Wildman–Crippen MR) is 77.0 cm³/mol. The Morgan fingerprint density at radius 1 is 1.45 bits per heavy atom. The zero-order chi connectivity index (χ0) is 14.1. The van der Waals surface area contributed by atoms with Crippen LogP contribution >= 0.6 is 0 Å². The van der Waals surface area contributed by atoms with Gasteiger partial charge in [0.25, 0.3) is 0 Å². The number of hydrogen-bond donors (Lipinski definition) is 1. The number of ether oxygens (including phenoxy) is 1. The van der Waals surface area contributed by atoms with E-state index in [1.54, 1.807) is 0 Å². The fraction of sp³-hybridized carbons (Fsp3) is 0.500. The van der Waals surface area contributed by atoms with Crippen LogP contribution in [0, 0.1) is 5.92 Å². The maximum Gasteiger partial charge on any atom is 0.134 e. The van der Waals surface area contributed by atoms with E-state index in [0.29, 0.717) is 18.4 Å². The summed E-state index contributed by atoms with van der Waals surface area (Å²) in [5, 5.41) is 1.10. The smallest absolute Gasteiger partial charge is 0.134 e. The number of rotatable bonds is 6. The zero-order valence-corrected chi connectivity index (χ0v) is 11.7. The van der Waals surface area contributed by atoms with Gasteiger partial charge in [0.1, 0.15) is 30.4 Å². The van der Waals surface area contributed by atoms with Gasteiger partial charge in [0, 0.05) is 17.4 Å². The van der Waals surface area contributed by atoms with Crippen LogP contribution in [0.4, 0.5) is 4.39 Å². The number of nitrogens with two attached hydrogens (primary N) is 1. The first kappa shape index (κ1) is 13.4. The molecule has 108 valence electrons. The predicted octanol–water partition coefficient (Wildman–Crippen LogP) is 3.41. The maximum absolute atomic E-state index is 12.4. The molecule has 0 aliphatic heterocycles. The molecule has 2 aromatic rings.